The van der Waals surface area contributed by atoms with Crippen LogP contribution >= 0.6 is 12.2 Å². The second-order valence-electron chi connectivity index (χ2n) is 4.36. The summed E-state index contributed by atoms with van der Waals surface area (Å²) in [7, 11) is 0. The highest BCUT2D eigenvalue weighted by Crippen LogP contribution is 2.12. The standard InChI is InChI=1S/C13H21N3OS/c1-4-10(5-2)15-13(17)9(3)16-8-6-7-11(16)12(14)18/h6-10H,4-5H2,1-3H3,(H2,14,18)(H,15,17). The van der Waals surface area contributed by atoms with Gasteiger partial charge in [-0.15, -0.1) is 0 Å². The molecule has 0 aliphatic rings. The molecule has 1 aromatic heterocycles. The van der Waals surface area contributed by atoms with Crippen LogP contribution in [0.4, 0.5) is 0 Å². The van der Waals surface area contributed by atoms with Gasteiger partial charge in [0.05, 0.1) is 5.69 Å². The summed E-state index contributed by atoms with van der Waals surface area (Å²) in [4.78, 5) is 12.4. The molecule has 0 radical (unpaired) electrons. The third kappa shape index (κ3) is 3.32. The highest BCUT2D eigenvalue weighted by atomic mass is 32.1. The molecule has 0 aliphatic carbocycles. The van der Waals surface area contributed by atoms with Gasteiger partial charge >= 0.3 is 0 Å². The van der Waals surface area contributed by atoms with E-state index in [9.17, 15) is 4.79 Å². The van der Waals surface area contributed by atoms with Crippen LogP contribution < -0.4 is 11.1 Å². The lowest BCUT2D eigenvalue weighted by Crippen LogP contribution is -2.38. The quantitative estimate of drug-likeness (QED) is 0.775. The van der Waals surface area contributed by atoms with Gasteiger partial charge in [0.2, 0.25) is 5.91 Å². The van der Waals surface area contributed by atoms with Crippen LogP contribution in [-0.2, 0) is 4.79 Å². The topological polar surface area (TPSA) is 60.0 Å². The molecule has 1 atom stereocenters. The number of nitrogens with two attached hydrogens (primary N) is 1. The molecule has 1 aromatic rings. The third-order valence-electron chi connectivity index (χ3n) is 3.16. The van der Waals surface area contributed by atoms with Crippen LogP contribution in [0.15, 0.2) is 18.3 Å². The van der Waals surface area contributed by atoms with Crippen molar-refractivity contribution >= 4 is 23.1 Å². The van der Waals surface area contributed by atoms with Gasteiger partial charge in [-0.1, -0.05) is 26.1 Å². The van der Waals surface area contributed by atoms with E-state index in [1.165, 1.54) is 0 Å². The molecule has 0 aromatic carbocycles. The Labute approximate surface area is 114 Å². The van der Waals surface area contributed by atoms with Crippen molar-refractivity contribution in [3.8, 4) is 0 Å². The zero-order chi connectivity index (χ0) is 13.7. The zero-order valence-electron chi connectivity index (χ0n) is 11.1. The summed E-state index contributed by atoms with van der Waals surface area (Å²) >= 11 is 4.97. The first kappa shape index (κ1) is 14.7. The molecule has 0 spiro atoms. The first-order chi connectivity index (χ1) is 8.51. The fourth-order valence-corrected chi connectivity index (χ4v) is 2.05. The Morgan fingerprint density at radius 1 is 1.50 bits per heavy atom. The van der Waals surface area contributed by atoms with E-state index in [-0.39, 0.29) is 18.0 Å². The zero-order valence-corrected chi connectivity index (χ0v) is 12.0. The van der Waals surface area contributed by atoms with Gasteiger partial charge < -0.3 is 15.6 Å². The van der Waals surface area contributed by atoms with Crippen molar-refractivity contribution in [2.45, 2.75) is 45.7 Å². The SMILES string of the molecule is CCC(CC)NC(=O)C(C)n1cccc1C(N)=S. The predicted molar refractivity (Wildman–Crippen MR) is 77.5 cm³/mol. The summed E-state index contributed by atoms with van der Waals surface area (Å²) in [5.41, 5.74) is 6.35. The molecule has 1 unspecified atom stereocenters. The minimum atomic E-state index is -0.308. The minimum absolute atomic E-state index is 0.00241. The highest BCUT2D eigenvalue weighted by Gasteiger charge is 2.19. The first-order valence-electron chi connectivity index (χ1n) is 6.28. The van der Waals surface area contributed by atoms with Crippen LogP contribution in [0.5, 0.6) is 0 Å². The van der Waals surface area contributed by atoms with Gasteiger partial charge in [0.25, 0.3) is 0 Å². The third-order valence-corrected chi connectivity index (χ3v) is 3.37. The Bertz CT molecular complexity index is 424. The molecule has 0 aliphatic heterocycles. The van der Waals surface area contributed by atoms with Crippen molar-refractivity contribution in [1.29, 1.82) is 0 Å². The van der Waals surface area contributed by atoms with Gasteiger partial charge in [-0.3, -0.25) is 4.79 Å². The molecule has 18 heavy (non-hydrogen) atoms. The number of nitrogens with one attached hydrogen (secondary N) is 1. The summed E-state index contributed by atoms with van der Waals surface area (Å²) in [6, 6.07) is 3.58. The van der Waals surface area contributed by atoms with Crippen LogP contribution in [0.2, 0.25) is 0 Å². The summed E-state index contributed by atoms with van der Waals surface area (Å²) in [5.74, 6) is -0.00241. The molecular weight excluding hydrogens is 246 g/mol. The lowest BCUT2D eigenvalue weighted by atomic mass is 10.1. The molecule has 0 fully saturated rings. The average molecular weight is 267 g/mol. The van der Waals surface area contributed by atoms with Crippen molar-refractivity contribution in [1.82, 2.24) is 9.88 Å². The Morgan fingerprint density at radius 3 is 2.61 bits per heavy atom. The van der Waals surface area contributed by atoms with E-state index in [1.54, 1.807) is 4.57 Å². The van der Waals surface area contributed by atoms with Gasteiger partial charge in [0, 0.05) is 12.2 Å². The summed E-state index contributed by atoms with van der Waals surface area (Å²) in [5, 5.41) is 3.03. The van der Waals surface area contributed by atoms with Crippen molar-refractivity contribution in [3.63, 3.8) is 0 Å². The number of hydrogen-bond acceptors (Lipinski definition) is 2. The monoisotopic (exact) mass is 267 g/mol. The van der Waals surface area contributed by atoms with Crippen LogP contribution in [0.3, 0.4) is 0 Å². The summed E-state index contributed by atoms with van der Waals surface area (Å²) in [6.07, 6.45) is 3.69. The number of nitrogens with zero attached hydrogens (tertiary/aromatic N) is 1. The maximum absolute atomic E-state index is 12.1. The van der Waals surface area contributed by atoms with E-state index in [0.29, 0.717) is 4.99 Å². The van der Waals surface area contributed by atoms with Crippen LogP contribution in [-0.4, -0.2) is 21.5 Å². The van der Waals surface area contributed by atoms with E-state index in [1.807, 2.05) is 25.3 Å². The van der Waals surface area contributed by atoms with E-state index in [0.717, 1.165) is 18.5 Å². The lowest BCUT2D eigenvalue weighted by molar-refractivity contribution is -0.124. The van der Waals surface area contributed by atoms with Crippen LogP contribution in [0, 0.1) is 0 Å². The summed E-state index contributed by atoms with van der Waals surface area (Å²) < 4.78 is 1.81. The number of carbonyl (C=O) groups is 1. The first-order valence-corrected chi connectivity index (χ1v) is 6.69. The van der Waals surface area contributed by atoms with Gasteiger partial charge in [-0.25, -0.2) is 0 Å². The predicted octanol–water partition coefficient (Wildman–Crippen LogP) is 1.99. The van der Waals surface area contributed by atoms with Gasteiger partial charge in [0.15, 0.2) is 0 Å². The fraction of sp³-hybridized carbons (Fsp3) is 0.538. The molecule has 0 saturated heterocycles. The second-order valence-corrected chi connectivity index (χ2v) is 4.80. The van der Waals surface area contributed by atoms with Crippen molar-refractivity contribution < 1.29 is 4.79 Å². The molecule has 0 saturated carbocycles. The highest BCUT2D eigenvalue weighted by molar-refractivity contribution is 7.80. The molecule has 100 valence electrons. The maximum atomic E-state index is 12.1. The Kier molecular flexibility index (Phi) is 5.34. The number of rotatable bonds is 6. The Hall–Kier alpha value is -1.36. The average Bonchev–Trinajstić information content (AvgIpc) is 2.83. The smallest absolute Gasteiger partial charge is 0.242 e. The number of carbonyl (C=O) groups excluding carboxylic acids is 1. The number of aromatic nitrogens is 1. The van der Waals surface area contributed by atoms with Crippen molar-refractivity contribution in [2.24, 2.45) is 5.73 Å². The molecule has 1 amide bonds. The summed E-state index contributed by atoms with van der Waals surface area (Å²) in [6.45, 7) is 5.98. The van der Waals surface area contributed by atoms with Crippen LogP contribution in [0.25, 0.3) is 0 Å². The number of thiocarbonyl (C=S) groups is 1. The largest absolute Gasteiger partial charge is 0.388 e. The Balaban J connectivity index is 2.80. The fourth-order valence-electron chi connectivity index (χ4n) is 1.88. The normalized spacial score (nSPS) is 12.4. The van der Waals surface area contributed by atoms with E-state index < -0.39 is 0 Å². The second kappa shape index (κ2) is 6.54. The van der Waals surface area contributed by atoms with Crippen molar-refractivity contribution in [2.75, 3.05) is 0 Å². The van der Waals surface area contributed by atoms with Crippen molar-refractivity contribution in [3.05, 3.63) is 24.0 Å². The maximum Gasteiger partial charge on any atom is 0.242 e. The van der Waals surface area contributed by atoms with Gasteiger partial charge in [-0.05, 0) is 31.9 Å². The molecule has 5 heteroatoms. The van der Waals surface area contributed by atoms with E-state index >= 15 is 0 Å². The van der Waals surface area contributed by atoms with Gasteiger partial charge in [-0.2, -0.15) is 0 Å². The van der Waals surface area contributed by atoms with Gasteiger partial charge in [0.1, 0.15) is 11.0 Å². The van der Waals surface area contributed by atoms with E-state index in [2.05, 4.69) is 19.2 Å². The number of amides is 1. The lowest BCUT2D eigenvalue weighted by Gasteiger charge is -2.21. The Morgan fingerprint density at radius 2 is 2.11 bits per heavy atom. The molecule has 1 heterocycles. The molecule has 4 nitrogen and oxygen atoms in total. The minimum Gasteiger partial charge on any atom is -0.388 e. The van der Waals surface area contributed by atoms with Crippen LogP contribution in [0.1, 0.15) is 45.3 Å². The molecule has 3 N–H and O–H groups in total. The molecule has 0 bridgehead atoms. The number of hydrogen-bond donors (Lipinski definition) is 2. The van der Waals surface area contributed by atoms with E-state index in [4.69, 9.17) is 18.0 Å². The molecular formula is C13H21N3OS. The molecule has 1 rings (SSSR count).